The van der Waals surface area contributed by atoms with Crippen LogP contribution in [0.3, 0.4) is 0 Å². The minimum atomic E-state index is -5.82. The minimum absolute atomic E-state index is 0.000491. The summed E-state index contributed by atoms with van der Waals surface area (Å²) in [5, 5.41) is 11.3. The number of nitrogens with one attached hydrogen (secondary N) is 1. The summed E-state index contributed by atoms with van der Waals surface area (Å²) in [5.74, 6) is -0.942. The highest BCUT2D eigenvalue weighted by Crippen LogP contribution is 2.68. The fourth-order valence-electron chi connectivity index (χ4n) is 2.73. The Morgan fingerprint density at radius 3 is 1.42 bits per heavy atom. The average Bonchev–Trinajstić information content (AvgIpc) is 2.47. The van der Waals surface area contributed by atoms with Gasteiger partial charge < -0.3 is 49.6 Å². The molecule has 0 aliphatic rings. The summed E-state index contributed by atoms with van der Waals surface area (Å²) in [6, 6.07) is 0. The Balaban J connectivity index is 5.39. The number of hydrogen-bond acceptors (Lipinski definition) is 7. The van der Waals surface area contributed by atoms with Crippen molar-refractivity contribution in [2.45, 2.75) is 43.2 Å². The fourth-order valence-corrected chi connectivity index (χ4v) is 8.83. The van der Waals surface area contributed by atoms with Gasteiger partial charge in [-0.3, -0.25) is 28.0 Å². The molecule has 0 bridgehead atoms. The Hall–Kier alpha value is -0.0100. The van der Waals surface area contributed by atoms with Gasteiger partial charge in [0.25, 0.3) is 0 Å². The molecule has 20 heteroatoms. The van der Waals surface area contributed by atoms with Crippen molar-refractivity contribution < 1.29 is 67.3 Å². The van der Waals surface area contributed by atoms with Gasteiger partial charge in [-0.25, -0.2) is 0 Å². The number of aliphatic carboxylic acids is 1. The minimum Gasteiger partial charge on any atom is -0.481 e. The quantitative estimate of drug-likeness (QED) is 0.0852. The number of unbranched alkanes of at least 4 members (excludes halogenated alkanes) is 2. The zero-order valence-electron chi connectivity index (χ0n) is 16.1. The van der Waals surface area contributed by atoms with Crippen LogP contribution in [0.1, 0.15) is 32.1 Å². The molecule has 0 rings (SSSR count). The molecular formula is C11H28N2O14P4. The van der Waals surface area contributed by atoms with Crippen LogP contribution in [0.2, 0.25) is 0 Å². The van der Waals surface area contributed by atoms with Crippen LogP contribution in [0.4, 0.5) is 0 Å². The van der Waals surface area contributed by atoms with Crippen LogP contribution in [-0.2, 0) is 23.1 Å². The normalized spacial score (nSPS) is 14.0. The Labute approximate surface area is 177 Å². The molecule has 0 unspecified atom stereocenters. The second kappa shape index (κ2) is 12.5. The zero-order valence-corrected chi connectivity index (χ0v) is 19.7. The summed E-state index contributed by atoms with van der Waals surface area (Å²) in [7, 11) is -23.3. The van der Waals surface area contributed by atoms with Crippen molar-refractivity contribution >= 4 is 36.4 Å². The van der Waals surface area contributed by atoms with Gasteiger partial charge in [-0.1, -0.05) is 6.42 Å². The van der Waals surface area contributed by atoms with Crippen molar-refractivity contribution in [3.63, 3.8) is 0 Å². The van der Waals surface area contributed by atoms with Crippen LogP contribution in [0.15, 0.2) is 0 Å². The first-order valence-electron chi connectivity index (χ1n) is 8.68. The molecule has 31 heavy (non-hydrogen) atoms. The third kappa shape index (κ3) is 12.1. The molecule has 16 nitrogen and oxygen atoms in total. The lowest BCUT2D eigenvalue weighted by Crippen LogP contribution is -2.44. The van der Waals surface area contributed by atoms with Gasteiger partial charge in [0.15, 0.2) is 0 Å². The number of hydrogen-bond donors (Lipinski definition) is 10. The van der Waals surface area contributed by atoms with Crippen LogP contribution < -0.4 is 5.32 Å². The summed E-state index contributed by atoms with van der Waals surface area (Å²) in [6.07, 6.45) is 1.30. The Morgan fingerprint density at radius 1 is 0.677 bits per heavy atom. The van der Waals surface area contributed by atoms with Gasteiger partial charge in [0.2, 0.25) is 11.0 Å². The van der Waals surface area contributed by atoms with Crippen molar-refractivity contribution in [3.8, 4) is 0 Å². The van der Waals surface area contributed by atoms with Gasteiger partial charge in [-0.15, -0.1) is 0 Å². The number of carboxylic acid groups (broad SMARTS) is 1. The molecule has 0 aromatic heterocycles. The Kier molecular flexibility index (Phi) is 12.4. The van der Waals surface area contributed by atoms with E-state index in [1.165, 1.54) is 0 Å². The molecule has 0 saturated heterocycles. The molecule has 0 spiro atoms. The smallest absolute Gasteiger partial charge is 0.355 e. The van der Waals surface area contributed by atoms with E-state index >= 15 is 0 Å². The first-order valence-corrected chi connectivity index (χ1v) is 15.4. The number of carboxylic acids is 1. The van der Waals surface area contributed by atoms with Gasteiger partial charge in [-0.05, 0) is 32.4 Å². The van der Waals surface area contributed by atoms with E-state index in [2.05, 4.69) is 5.32 Å². The van der Waals surface area contributed by atoms with E-state index in [0.717, 1.165) is 0 Å². The van der Waals surface area contributed by atoms with Crippen molar-refractivity contribution in [2.24, 2.45) is 0 Å². The number of carbonyl (C=O) groups is 1. The van der Waals surface area contributed by atoms with E-state index < -0.39 is 53.9 Å². The van der Waals surface area contributed by atoms with Crippen LogP contribution in [0.5, 0.6) is 0 Å². The molecule has 0 heterocycles. The molecule has 0 atom stereocenters. The highest BCUT2D eigenvalue weighted by molar-refractivity contribution is 7.72. The lowest BCUT2D eigenvalue weighted by Gasteiger charge is -2.37. The monoisotopic (exact) mass is 536 g/mol. The lowest BCUT2D eigenvalue weighted by atomic mass is 10.2. The van der Waals surface area contributed by atoms with Gasteiger partial charge in [0.1, 0.15) is 0 Å². The Morgan fingerprint density at radius 2 is 1.06 bits per heavy atom. The van der Waals surface area contributed by atoms with Crippen LogP contribution >= 0.6 is 30.4 Å². The summed E-state index contributed by atoms with van der Waals surface area (Å²) >= 11 is 0. The summed E-state index contributed by atoms with van der Waals surface area (Å²) in [6.45, 7) is -0.520. The maximum atomic E-state index is 11.7. The van der Waals surface area contributed by atoms with Crippen molar-refractivity contribution in [1.29, 1.82) is 0 Å². The van der Waals surface area contributed by atoms with Gasteiger partial charge in [0.05, 0.1) is 0 Å². The Bertz CT molecular complexity index is 676. The zero-order chi connectivity index (χ0) is 24.7. The van der Waals surface area contributed by atoms with Crippen LogP contribution in [-0.4, -0.2) is 85.8 Å². The maximum absolute atomic E-state index is 11.7. The summed E-state index contributed by atoms with van der Waals surface area (Å²) < 4.78 is 46.6. The molecule has 0 fully saturated rings. The second-order valence-electron chi connectivity index (χ2n) is 6.59. The van der Waals surface area contributed by atoms with E-state index in [9.17, 15) is 62.2 Å². The van der Waals surface area contributed by atoms with E-state index in [4.69, 9.17) is 5.11 Å². The molecule has 0 aliphatic heterocycles. The van der Waals surface area contributed by atoms with Gasteiger partial charge in [-0.2, -0.15) is 0 Å². The second-order valence-corrected chi connectivity index (χ2v) is 14.1. The summed E-state index contributed by atoms with van der Waals surface area (Å²) in [5.41, 5.74) is -6.36. The highest BCUT2D eigenvalue weighted by atomic mass is 31.2. The third-order valence-corrected chi connectivity index (χ3v) is 11.0. The van der Waals surface area contributed by atoms with Crippen LogP contribution in [0, 0.1) is 0 Å². The fraction of sp³-hybridized carbons (Fsp3) is 0.909. The third-order valence-electron chi connectivity index (χ3n) is 3.81. The van der Waals surface area contributed by atoms with E-state index in [1.54, 1.807) is 0 Å². The van der Waals surface area contributed by atoms with E-state index in [1.807, 2.05) is 0 Å². The van der Waals surface area contributed by atoms with E-state index in [0.29, 0.717) is 25.8 Å². The molecule has 10 N–H and O–H groups in total. The van der Waals surface area contributed by atoms with E-state index in [-0.39, 0.29) is 24.3 Å². The molecule has 186 valence electrons. The lowest BCUT2D eigenvalue weighted by molar-refractivity contribution is -0.137. The molecule has 0 radical (unpaired) electrons. The molecule has 0 amide bonds. The maximum Gasteiger partial charge on any atom is 0.355 e. The molecule has 0 aromatic carbocycles. The van der Waals surface area contributed by atoms with Crippen LogP contribution in [0.25, 0.3) is 0 Å². The largest absolute Gasteiger partial charge is 0.481 e. The SMILES string of the molecule is O=C(O)CCCCCNCCCN(C(P(=O)(O)O)P(=O)(O)O)C(P(=O)(O)O)P(=O)(O)O. The number of nitrogens with zero attached hydrogens (tertiary/aromatic N) is 1. The first-order chi connectivity index (χ1) is 13.8. The highest BCUT2D eigenvalue weighted by Gasteiger charge is 2.58. The summed E-state index contributed by atoms with van der Waals surface area (Å²) in [4.78, 5) is 84.9. The number of rotatable bonds is 16. The molecule has 0 saturated carbocycles. The standard InChI is InChI=1S/C11H28N2O14P4/c14-9(15)5-2-1-3-6-12-7-4-8-13(10(28(16,17)18)29(19,20)21)11(30(22,23)24)31(25,26)27/h10-12H,1-8H2,(H,14,15)(H2,16,17,18)(H2,19,20,21)(H2,22,23,24)(H2,25,26,27). The average molecular weight is 536 g/mol. The predicted molar refractivity (Wildman–Crippen MR) is 106 cm³/mol. The predicted octanol–water partition coefficient (Wildman–Crippen LogP) is -0.809. The topological polar surface area (TPSA) is 283 Å². The molecule has 0 aromatic rings. The van der Waals surface area contributed by atoms with Gasteiger partial charge in [0, 0.05) is 13.0 Å². The van der Waals surface area contributed by atoms with Gasteiger partial charge >= 0.3 is 36.4 Å². The van der Waals surface area contributed by atoms with Crippen molar-refractivity contribution in [3.05, 3.63) is 0 Å². The molecular weight excluding hydrogens is 508 g/mol. The molecule has 0 aliphatic carbocycles. The van der Waals surface area contributed by atoms with Crippen molar-refractivity contribution in [1.82, 2.24) is 10.2 Å². The first kappa shape index (κ1) is 31.0. The van der Waals surface area contributed by atoms with Crippen molar-refractivity contribution in [2.75, 3.05) is 19.6 Å².